The van der Waals surface area contributed by atoms with E-state index in [4.69, 9.17) is 4.74 Å². The third-order valence-electron chi connectivity index (χ3n) is 5.09. The molecule has 0 unspecified atom stereocenters. The third kappa shape index (κ3) is 2.79. The fourth-order valence-electron chi connectivity index (χ4n) is 3.91. The quantitative estimate of drug-likeness (QED) is 0.718. The lowest BCUT2D eigenvalue weighted by atomic mass is 9.90. The van der Waals surface area contributed by atoms with Gasteiger partial charge in [-0.05, 0) is 52.7 Å². The van der Waals surface area contributed by atoms with Gasteiger partial charge in [-0.1, -0.05) is 0 Å². The zero-order valence-corrected chi connectivity index (χ0v) is 12.2. The van der Waals surface area contributed by atoms with Crippen molar-refractivity contribution in [2.45, 2.75) is 44.8 Å². The van der Waals surface area contributed by atoms with Crippen molar-refractivity contribution >= 4 is 5.91 Å². The molecule has 0 spiro atoms. The summed E-state index contributed by atoms with van der Waals surface area (Å²) in [6.07, 6.45) is 5.03. The summed E-state index contributed by atoms with van der Waals surface area (Å²) in [6.45, 7) is 6.12. The van der Waals surface area contributed by atoms with Gasteiger partial charge in [-0.15, -0.1) is 0 Å². The minimum absolute atomic E-state index is 0.271. The molecule has 0 N–H and O–H groups in total. The Kier molecular flexibility index (Phi) is 3.81. The molecule has 0 bridgehead atoms. The molecule has 4 nitrogen and oxygen atoms in total. The highest BCUT2D eigenvalue weighted by molar-refractivity contribution is 5.79. The van der Waals surface area contributed by atoms with Crippen LogP contribution < -0.4 is 0 Å². The zero-order chi connectivity index (χ0) is 13.4. The van der Waals surface area contributed by atoms with E-state index in [0.717, 1.165) is 51.9 Å². The van der Waals surface area contributed by atoms with E-state index in [1.165, 1.54) is 0 Å². The van der Waals surface area contributed by atoms with Crippen LogP contribution in [-0.4, -0.2) is 61.1 Å². The Morgan fingerprint density at radius 1 is 1.16 bits per heavy atom. The van der Waals surface area contributed by atoms with Gasteiger partial charge in [0.05, 0.1) is 12.2 Å². The molecule has 19 heavy (non-hydrogen) atoms. The van der Waals surface area contributed by atoms with E-state index in [1.807, 2.05) is 0 Å². The molecule has 3 fully saturated rings. The second-order valence-electron chi connectivity index (χ2n) is 6.63. The summed E-state index contributed by atoms with van der Waals surface area (Å²) in [5.41, 5.74) is 0. The average Bonchev–Trinajstić information content (AvgIpc) is 2.77. The molecular weight excluding hydrogens is 240 g/mol. The van der Waals surface area contributed by atoms with Crippen LogP contribution in [0, 0.1) is 11.8 Å². The van der Waals surface area contributed by atoms with Gasteiger partial charge in [0.15, 0.2) is 0 Å². The van der Waals surface area contributed by atoms with Gasteiger partial charge in [0.2, 0.25) is 5.91 Å². The van der Waals surface area contributed by atoms with Crippen molar-refractivity contribution in [2.75, 3.05) is 33.2 Å². The fraction of sp³-hybridized carbons (Fsp3) is 0.933. The first-order valence-electron chi connectivity index (χ1n) is 7.76. The van der Waals surface area contributed by atoms with Crippen molar-refractivity contribution in [3.63, 3.8) is 0 Å². The molecule has 1 amide bonds. The maximum atomic E-state index is 12.6. The lowest BCUT2D eigenvalue weighted by Crippen LogP contribution is -2.48. The molecule has 0 aromatic heterocycles. The molecule has 0 aliphatic carbocycles. The van der Waals surface area contributed by atoms with Gasteiger partial charge >= 0.3 is 0 Å². The monoisotopic (exact) mass is 266 g/mol. The van der Waals surface area contributed by atoms with Crippen molar-refractivity contribution in [3.05, 3.63) is 0 Å². The number of amides is 1. The Morgan fingerprint density at radius 3 is 2.63 bits per heavy atom. The van der Waals surface area contributed by atoms with Crippen molar-refractivity contribution in [3.8, 4) is 0 Å². The molecule has 0 saturated carbocycles. The number of hydrogen-bond acceptors (Lipinski definition) is 3. The van der Waals surface area contributed by atoms with Gasteiger partial charge in [0.1, 0.15) is 0 Å². The summed E-state index contributed by atoms with van der Waals surface area (Å²) in [5, 5.41) is 0. The van der Waals surface area contributed by atoms with E-state index in [-0.39, 0.29) is 5.92 Å². The minimum atomic E-state index is 0.271. The smallest absolute Gasteiger partial charge is 0.225 e. The summed E-state index contributed by atoms with van der Waals surface area (Å²) < 4.78 is 5.91. The van der Waals surface area contributed by atoms with Crippen LogP contribution in [0.5, 0.6) is 0 Å². The van der Waals surface area contributed by atoms with Crippen LogP contribution >= 0.6 is 0 Å². The molecule has 3 aliphatic rings. The lowest BCUT2D eigenvalue weighted by Gasteiger charge is -2.38. The number of rotatable bonds is 1. The first-order chi connectivity index (χ1) is 9.13. The second-order valence-corrected chi connectivity index (χ2v) is 6.63. The van der Waals surface area contributed by atoms with Crippen LogP contribution in [0.3, 0.4) is 0 Å². The predicted octanol–water partition coefficient (Wildman–Crippen LogP) is 1.35. The number of nitrogens with zero attached hydrogens (tertiary/aromatic N) is 2. The van der Waals surface area contributed by atoms with E-state index in [9.17, 15) is 4.79 Å². The molecule has 3 atom stereocenters. The first-order valence-corrected chi connectivity index (χ1v) is 7.76. The topological polar surface area (TPSA) is 32.8 Å². The highest BCUT2D eigenvalue weighted by Gasteiger charge is 2.39. The Balaban J connectivity index is 1.56. The maximum Gasteiger partial charge on any atom is 0.225 e. The highest BCUT2D eigenvalue weighted by atomic mass is 16.5. The maximum absolute atomic E-state index is 12.6. The number of ether oxygens (including phenoxy) is 1. The molecule has 0 radical (unpaired) electrons. The molecule has 3 saturated heterocycles. The van der Waals surface area contributed by atoms with Crippen molar-refractivity contribution < 1.29 is 9.53 Å². The first kappa shape index (κ1) is 13.4. The normalized spacial score (nSPS) is 37.4. The molecule has 3 heterocycles. The van der Waals surface area contributed by atoms with Crippen LogP contribution in [0.25, 0.3) is 0 Å². The fourth-order valence-corrected chi connectivity index (χ4v) is 3.91. The van der Waals surface area contributed by atoms with Crippen LogP contribution in [0.4, 0.5) is 0 Å². The van der Waals surface area contributed by atoms with Crippen LogP contribution in [0.15, 0.2) is 0 Å². The molecule has 4 heteroatoms. The minimum Gasteiger partial charge on any atom is -0.375 e. The van der Waals surface area contributed by atoms with E-state index in [1.54, 1.807) is 0 Å². The Hall–Kier alpha value is -0.610. The van der Waals surface area contributed by atoms with Gasteiger partial charge in [-0.25, -0.2) is 0 Å². The molecule has 0 aromatic rings. The molecule has 0 aromatic carbocycles. The molecule has 3 aliphatic heterocycles. The standard InChI is InChI=1S/C15H26N2O2/c1-11-9-13-10-17(8-5-14(13)19-11)15(18)12-3-6-16(2)7-4-12/h11-14H,3-10H2,1-2H3/t11-,13-,14+/m0/s1. The zero-order valence-electron chi connectivity index (χ0n) is 12.2. The van der Waals surface area contributed by atoms with Gasteiger partial charge < -0.3 is 14.5 Å². The highest BCUT2D eigenvalue weighted by Crippen LogP contribution is 2.33. The van der Waals surface area contributed by atoms with Gasteiger partial charge in [-0.2, -0.15) is 0 Å². The Bertz CT molecular complexity index is 339. The third-order valence-corrected chi connectivity index (χ3v) is 5.09. The number of carbonyl (C=O) groups excluding carboxylic acids is 1. The lowest BCUT2D eigenvalue weighted by molar-refractivity contribution is -0.140. The second kappa shape index (κ2) is 5.41. The number of carbonyl (C=O) groups is 1. The number of piperidine rings is 2. The van der Waals surface area contributed by atoms with Crippen molar-refractivity contribution in [1.29, 1.82) is 0 Å². The molecule has 108 valence electrons. The summed E-state index contributed by atoms with van der Waals surface area (Å²) >= 11 is 0. The van der Waals surface area contributed by atoms with Gasteiger partial charge in [0, 0.05) is 24.9 Å². The molecule has 3 rings (SSSR count). The molecular formula is C15H26N2O2. The van der Waals surface area contributed by atoms with Crippen LogP contribution in [0.1, 0.15) is 32.6 Å². The van der Waals surface area contributed by atoms with Gasteiger partial charge in [0.25, 0.3) is 0 Å². The predicted molar refractivity (Wildman–Crippen MR) is 73.9 cm³/mol. The van der Waals surface area contributed by atoms with E-state index in [0.29, 0.717) is 24.0 Å². The van der Waals surface area contributed by atoms with E-state index >= 15 is 0 Å². The number of fused-ring (bicyclic) bond motifs is 1. The average molecular weight is 266 g/mol. The Morgan fingerprint density at radius 2 is 1.89 bits per heavy atom. The summed E-state index contributed by atoms with van der Waals surface area (Å²) in [5.74, 6) is 1.26. The summed E-state index contributed by atoms with van der Waals surface area (Å²) in [6, 6.07) is 0. The van der Waals surface area contributed by atoms with Crippen molar-refractivity contribution in [2.24, 2.45) is 11.8 Å². The van der Waals surface area contributed by atoms with E-state index in [2.05, 4.69) is 23.8 Å². The van der Waals surface area contributed by atoms with Crippen LogP contribution in [-0.2, 0) is 9.53 Å². The summed E-state index contributed by atoms with van der Waals surface area (Å²) in [7, 11) is 2.14. The number of likely N-dealkylation sites (tertiary alicyclic amines) is 2. The SMILES string of the molecule is C[C@H]1C[C@H]2CN(C(=O)C3CCN(C)CC3)CC[C@H]2O1. The summed E-state index contributed by atoms with van der Waals surface area (Å²) in [4.78, 5) is 17.0. The number of hydrogen-bond donors (Lipinski definition) is 0. The van der Waals surface area contributed by atoms with Gasteiger partial charge in [-0.3, -0.25) is 4.79 Å². The Labute approximate surface area is 116 Å². The largest absolute Gasteiger partial charge is 0.375 e. The van der Waals surface area contributed by atoms with E-state index < -0.39 is 0 Å². The van der Waals surface area contributed by atoms with Crippen LogP contribution in [0.2, 0.25) is 0 Å². The van der Waals surface area contributed by atoms with Crippen molar-refractivity contribution in [1.82, 2.24) is 9.80 Å².